The largest absolute Gasteiger partial charge is 0.382 e. The molecule has 1 aliphatic rings. The van der Waals surface area contributed by atoms with Crippen molar-refractivity contribution in [3.8, 4) is 0 Å². The molecule has 44 heavy (non-hydrogen) atoms. The monoisotopic (exact) mass is 640 g/mol. The van der Waals surface area contributed by atoms with Crippen molar-refractivity contribution in [1.29, 1.82) is 0 Å². The van der Waals surface area contributed by atoms with Gasteiger partial charge in [0.15, 0.2) is 5.69 Å². The molecular formula is C29H33ClN8O5S. The number of pyridine rings is 1. The van der Waals surface area contributed by atoms with Crippen LogP contribution in [0.5, 0.6) is 0 Å². The number of carbonyl (C=O) groups is 1. The number of aliphatic hydroxyl groups is 1. The summed E-state index contributed by atoms with van der Waals surface area (Å²) in [6, 6.07) is 6.16. The van der Waals surface area contributed by atoms with Crippen LogP contribution in [-0.4, -0.2) is 63.3 Å². The summed E-state index contributed by atoms with van der Waals surface area (Å²) in [7, 11) is -2.20. The number of fused-ring (bicyclic) bond motifs is 1. The Morgan fingerprint density at radius 2 is 1.91 bits per heavy atom. The SMILES string of the molecule is Cc1cc([C@@H](C)Nc2ccc(Cl)nc2C(=O)NS(C)(=O)=O)c2nc(N3CCC[C@](O)(c4cnc(C)cn4)C3)n(C)c(=O)c2c1. The second-order valence-electron chi connectivity index (χ2n) is 11.2. The van der Waals surface area contributed by atoms with E-state index in [1.54, 1.807) is 25.5 Å². The summed E-state index contributed by atoms with van der Waals surface area (Å²) in [6.45, 7) is 6.26. The lowest BCUT2D eigenvalue weighted by Crippen LogP contribution is -2.48. The summed E-state index contributed by atoms with van der Waals surface area (Å²) >= 11 is 6.03. The summed E-state index contributed by atoms with van der Waals surface area (Å²) < 4.78 is 26.8. The fraction of sp³-hybridized carbons (Fsp3) is 0.379. The third-order valence-corrected chi connectivity index (χ3v) is 8.30. The van der Waals surface area contributed by atoms with E-state index in [2.05, 4.69) is 20.3 Å². The summed E-state index contributed by atoms with van der Waals surface area (Å²) in [5, 5.41) is 15.2. The van der Waals surface area contributed by atoms with Crippen LogP contribution in [0, 0.1) is 13.8 Å². The smallest absolute Gasteiger partial charge is 0.285 e. The van der Waals surface area contributed by atoms with Gasteiger partial charge < -0.3 is 15.3 Å². The predicted octanol–water partition coefficient (Wildman–Crippen LogP) is 2.74. The van der Waals surface area contributed by atoms with Gasteiger partial charge in [0.25, 0.3) is 11.5 Å². The van der Waals surface area contributed by atoms with E-state index in [4.69, 9.17) is 16.6 Å². The molecule has 0 bridgehead atoms. The second kappa shape index (κ2) is 11.7. The molecule has 1 aliphatic heterocycles. The highest BCUT2D eigenvalue weighted by Gasteiger charge is 2.38. The third-order valence-electron chi connectivity index (χ3n) is 7.53. The predicted molar refractivity (Wildman–Crippen MR) is 167 cm³/mol. The van der Waals surface area contributed by atoms with Gasteiger partial charge in [-0.1, -0.05) is 17.7 Å². The van der Waals surface area contributed by atoms with Crippen LogP contribution in [0.2, 0.25) is 5.15 Å². The van der Waals surface area contributed by atoms with E-state index in [1.807, 2.05) is 36.5 Å². The third kappa shape index (κ3) is 6.37. The molecule has 2 atom stereocenters. The van der Waals surface area contributed by atoms with Gasteiger partial charge in [0.1, 0.15) is 10.8 Å². The van der Waals surface area contributed by atoms with Gasteiger partial charge in [-0.15, -0.1) is 0 Å². The van der Waals surface area contributed by atoms with Crippen molar-refractivity contribution in [2.75, 3.05) is 29.6 Å². The van der Waals surface area contributed by atoms with Gasteiger partial charge in [0.2, 0.25) is 16.0 Å². The highest BCUT2D eigenvalue weighted by atomic mass is 35.5. The molecule has 0 radical (unpaired) electrons. The Labute approximate surface area is 259 Å². The molecule has 3 N–H and O–H groups in total. The molecule has 1 fully saturated rings. The van der Waals surface area contributed by atoms with Gasteiger partial charge in [-0.05, 0) is 57.4 Å². The lowest BCUT2D eigenvalue weighted by atomic mass is 9.90. The van der Waals surface area contributed by atoms with Crippen molar-refractivity contribution in [3.63, 3.8) is 0 Å². The van der Waals surface area contributed by atoms with Crippen molar-refractivity contribution < 1.29 is 18.3 Å². The van der Waals surface area contributed by atoms with E-state index in [0.717, 1.165) is 17.5 Å². The van der Waals surface area contributed by atoms with Crippen LogP contribution in [-0.2, 0) is 22.7 Å². The van der Waals surface area contributed by atoms with Gasteiger partial charge in [0.05, 0.1) is 53.0 Å². The maximum atomic E-state index is 13.7. The van der Waals surface area contributed by atoms with Crippen LogP contribution in [0.25, 0.3) is 10.9 Å². The van der Waals surface area contributed by atoms with E-state index in [1.165, 1.54) is 16.7 Å². The van der Waals surface area contributed by atoms with Gasteiger partial charge in [-0.25, -0.2) is 23.1 Å². The molecule has 0 spiro atoms. The molecule has 1 amide bonds. The Morgan fingerprint density at radius 1 is 1.16 bits per heavy atom. The van der Waals surface area contributed by atoms with Crippen LogP contribution in [0.4, 0.5) is 11.6 Å². The van der Waals surface area contributed by atoms with Crippen LogP contribution >= 0.6 is 11.6 Å². The number of aryl methyl sites for hydroxylation is 2. The number of halogens is 1. The number of aromatic nitrogens is 5. The number of sulfonamides is 1. The standard InChI is InChI=1S/C29H33ClN8O5S/c1-16-11-19(18(3)33-21-7-8-23(30)34-25(21)26(39)36-44(5,42)43)24-20(12-16)27(40)37(4)28(35-24)38-10-6-9-29(41,15-38)22-14-31-17(2)13-32-22/h7-8,11-14,18,33,41H,6,9-10,15H2,1-5H3,(H,36,39)/t18-,29-/m1/s1. The Balaban J connectivity index is 1.55. The molecule has 15 heteroatoms. The maximum absolute atomic E-state index is 13.7. The van der Waals surface area contributed by atoms with E-state index in [0.29, 0.717) is 47.5 Å². The minimum absolute atomic E-state index is 0.00998. The Bertz CT molecular complexity index is 1930. The van der Waals surface area contributed by atoms with Crippen molar-refractivity contribution in [2.24, 2.45) is 7.05 Å². The molecule has 0 aliphatic carbocycles. The van der Waals surface area contributed by atoms with Crippen LogP contribution < -0.4 is 20.5 Å². The summed E-state index contributed by atoms with van der Waals surface area (Å²) in [4.78, 5) is 46.1. The van der Waals surface area contributed by atoms with Gasteiger partial charge in [-0.3, -0.25) is 24.1 Å². The first-order chi connectivity index (χ1) is 20.6. The van der Waals surface area contributed by atoms with Crippen LogP contribution in [0.3, 0.4) is 0 Å². The molecule has 0 unspecified atom stereocenters. The van der Waals surface area contributed by atoms with Crippen molar-refractivity contribution >= 4 is 50.1 Å². The Morgan fingerprint density at radius 3 is 2.59 bits per heavy atom. The fourth-order valence-corrected chi connectivity index (χ4v) is 6.04. The number of anilines is 2. The molecule has 13 nitrogen and oxygen atoms in total. The number of nitrogens with zero attached hydrogens (tertiary/aromatic N) is 6. The number of amides is 1. The van der Waals surface area contributed by atoms with Gasteiger partial charge >= 0.3 is 0 Å². The highest BCUT2D eigenvalue weighted by molar-refractivity contribution is 7.89. The molecule has 4 heterocycles. The molecule has 0 saturated carbocycles. The second-order valence-corrected chi connectivity index (χ2v) is 13.4. The van der Waals surface area contributed by atoms with Gasteiger partial charge in [-0.2, -0.15) is 0 Å². The lowest BCUT2D eigenvalue weighted by molar-refractivity contribution is 0.0168. The average Bonchev–Trinajstić information content (AvgIpc) is 2.95. The number of benzene rings is 1. The van der Waals surface area contributed by atoms with Crippen LogP contribution in [0.15, 0.2) is 41.5 Å². The number of β-amino-alcohol motifs (C(OH)–C–C–N with tert-alkyl or cyclic N) is 1. The zero-order valence-corrected chi connectivity index (χ0v) is 26.5. The first-order valence-corrected chi connectivity index (χ1v) is 16.1. The normalized spacial score (nSPS) is 17.8. The molecule has 1 aromatic carbocycles. The highest BCUT2D eigenvalue weighted by Crippen LogP contribution is 2.33. The lowest BCUT2D eigenvalue weighted by Gasteiger charge is -2.39. The zero-order chi connectivity index (χ0) is 32.0. The topological polar surface area (TPSA) is 172 Å². The van der Waals surface area contributed by atoms with E-state index in [-0.39, 0.29) is 28.6 Å². The molecule has 4 aromatic rings. The number of piperidine rings is 1. The molecule has 5 rings (SSSR count). The first kappa shape index (κ1) is 31.3. The first-order valence-electron chi connectivity index (χ1n) is 13.9. The van der Waals surface area contributed by atoms with E-state index >= 15 is 0 Å². The molecule has 232 valence electrons. The van der Waals surface area contributed by atoms with E-state index in [9.17, 15) is 23.1 Å². The number of nitrogens with one attached hydrogen (secondary N) is 2. The number of hydrogen-bond donors (Lipinski definition) is 3. The quantitative estimate of drug-likeness (QED) is 0.254. The average molecular weight is 641 g/mol. The molecular weight excluding hydrogens is 608 g/mol. The molecule has 1 saturated heterocycles. The summed E-state index contributed by atoms with van der Waals surface area (Å²) in [5.41, 5.74) is 1.63. The minimum atomic E-state index is -3.86. The van der Waals surface area contributed by atoms with Crippen molar-refractivity contribution in [1.82, 2.24) is 29.2 Å². The summed E-state index contributed by atoms with van der Waals surface area (Å²) in [5.74, 6) is -0.552. The maximum Gasteiger partial charge on any atom is 0.285 e. The van der Waals surface area contributed by atoms with Crippen molar-refractivity contribution in [3.05, 3.63) is 80.4 Å². The number of carbonyl (C=O) groups excluding carboxylic acids is 1. The summed E-state index contributed by atoms with van der Waals surface area (Å²) in [6.07, 6.45) is 5.19. The molecule has 3 aromatic heterocycles. The number of rotatable bonds is 7. The Hall–Kier alpha value is -4.14. The Kier molecular flexibility index (Phi) is 8.35. The van der Waals surface area contributed by atoms with Gasteiger partial charge in [0, 0.05) is 25.4 Å². The van der Waals surface area contributed by atoms with E-state index < -0.39 is 27.6 Å². The fourth-order valence-electron chi connectivity index (χ4n) is 5.46. The minimum Gasteiger partial charge on any atom is -0.382 e. The van der Waals surface area contributed by atoms with Crippen molar-refractivity contribution in [2.45, 2.75) is 45.3 Å². The number of hydrogen-bond acceptors (Lipinski definition) is 11. The van der Waals surface area contributed by atoms with Crippen LogP contribution in [0.1, 0.15) is 58.8 Å². The zero-order valence-electron chi connectivity index (χ0n) is 24.9.